The van der Waals surface area contributed by atoms with Crippen LogP contribution in [0.1, 0.15) is 34.8 Å². The van der Waals surface area contributed by atoms with Gasteiger partial charge in [-0.15, -0.1) is 0 Å². The zero-order chi connectivity index (χ0) is 12.3. The normalized spacial score (nSPS) is 10.0. The average Bonchev–Trinajstić information content (AvgIpc) is 2.19. The van der Waals surface area contributed by atoms with E-state index in [-0.39, 0.29) is 18.0 Å². The molecule has 0 amide bonds. The number of carbonyl (C=O) groups excluding carboxylic acids is 2. The highest BCUT2D eigenvalue weighted by molar-refractivity contribution is 6.08. The van der Waals surface area contributed by atoms with Crippen molar-refractivity contribution >= 4 is 11.6 Å². The van der Waals surface area contributed by atoms with E-state index in [2.05, 4.69) is 0 Å². The first-order chi connectivity index (χ1) is 7.45. The topological polar surface area (TPSA) is 43.4 Å². The molecule has 3 nitrogen and oxygen atoms in total. The Morgan fingerprint density at radius 2 is 1.81 bits per heavy atom. The summed E-state index contributed by atoms with van der Waals surface area (Å²) in [6.07, 6.45) is -0.0351. The third-order valence-corrected chi connectivity index (χ3v) is 2.45. The molecule has 0 spiro atoms. The van der Waals surface area contributed by atoms with Crippen molar-refractivity contribution in [1.82, 2.24) is 0 Å². The number of benzene rings is 1. The number of carbonyl (C=O) groups is 2. The molecule has 0 N–H and O–H groups in total. The van der Waals surface area contributed by atoms with Crippen LogP contribution >= 0.6 is 0 Å². The van der Waals surface area contributed by atoms with Gasteiger partial charge in [0.25, 0.3) is 0 Å². The lowest BCUT2D eigenvalue weighted by atomic mass is 9.98. The molecular formula is C13H16O3. The molecule has 0 saturated carbocycles. The summed E-state index contributed by atoms with van der Waals surface area (Å²) in [6.45, 7) is 5.14. The van der Waals surface area contributed by atoms with Crippen molar-refractivity contribution in [3.05, 3.63) is 28.8 Å². The molecule has 0 radical (unpaired) electrons. The van der Waals surface area contributed by atoms with Crippen molar-refractivity contribution in [2.45, 2.75) is 27.2 Å². The van der Waals surface area contributed by atoms with Crippen molar-refractivity contribution in [1.29, 1.82) is 0 Å². The van der Waals surface area contributed by atoms with Crippen LogP contribution in [-0.2, 0) is 4.79 Å². The number of ketones is 2. The fraction of sp³-hybridized carbons (Fsp3) is 0.385. The van der Waals surface area contributed by atoms with Crippen LogP contribution in [0.25, 0.3) is 0 Å². The Kier molecular flexibility index (Phi) is 3.82. The highest BCUT2D eigenvalue weighted by atomic mass is 16.5. The molecular weight excluding hydrogens is 204 g/mol. The molecule has 86 valence electrons. The largest absolute Gasteiger partial charge is 0.496 e. The van der Waals surface area contributed by atoms with Gasteiger partial charge in [-0.1, -0.05) is 0 Å². The highest BCUT2D eigenvalue weighted by Gasteiger charge is 2.13. The second kappa shape index (κ2) is 4.92. The van der Waals surface area contributed by atoms with Gasteiger partial charge < -0.3 is 4.74 Å². The minimum atomic E-state index is -0.129. The van der Waals surface area contributed by atoms with Gasteiger partial charge in [0.1, 0.15) is 11.5 Å². The number of hydrogen-bond donors (Lipinski definition) is 0. The van der Waals surface area contributed by atoms with Gasteiger partial charge in [0.15, 0.2) is 5.78 Å². The molecule has 0 saturated heterocycles. The zero-order valence-electron chi connectivity index (χ0n) is 10.1. The van der Waals surface area contributed by atoms with Crippen LogP contribution in [0.15, 0.2) is 12.1 Å². The molecule has 1 rings (SSSR count). The SMILES string of the molecule is COc1cc(C)c(C(=O)CC(C)=O)cc1C. The molecule has 1 aromatic rings. The number of Topliss-reactive ketones (excluding diaryl/α,β-unsaturated/α-hetero) is 2. The molecule has 0 aliphatic heterocycles. The molecule has 3 heteroatoms. The lowest BCUT2D eigenvalue weighted by Crippen LogP contribution is -2.07. The van der Waals surface area contributed by atoms with Crippen LogP contribution in [0.4, 0.5) is 0 Å². The Labute approximate surface area is 95.4 Å². The summed E-state index contributed by atoms with van der Waals surface area (Å²) in [6, 6.07) is 3.60. The third kappa shape index (κ3) is 2.69. The Bertz CT molecular complexity index is 433. The standard InChI is InChI=1S/C13H16O3/c1-8-6-13(16-4)9(2)5-11(8)12(15)7-10(3)14/h5-6H,7H2,1-4H3. The maximum atomic E-state index is 11.8. The van der Waals surface area contributed by atoms with Crippen molar-refractivity contribution in [3.63, 3.8) is 0 Å². The van der Waals surface area contributed by atoms with E-state index >= 15 is 0 Å². The maximum Gasteiger partial charge on any atom is 0.170 e. The van der Waals surface area contributed by atoms with Gasteiger partial charge in [-0.05, 0) is 44.0 Å². The first-order valence-electron chi connectivity index (χ1n) is 5.13. The number of hydrogen-bond acceptors (Lipinski definition) is 3. The fourth-order valence-electron chi connectivity index (χ4n) is 1.63. The Morgan fingerprint density at radius 1 is 1.19 bits per heavy atom. The molecule has 0 aliphatic carbocycles. The predicted molar refractivity (Wildman–Crippen MR) is 62.1 cm³/mol. The Hall–Kier alpha value is -1.64. The van der Waals surface area contributed by atoms with Crippen LogP contribution < -0.4 is 4.74 Å². The van der Waals surface area contributed by atoms with Gasteiger partial charge >= 0.3 is 0 Å². The molecule has 16 heavy (non-hydrogen) atoms. The molecule has 0 aliphatic rings. The second-order valence-electron chi connectivity index (χ2n) is 3.94. The second-order valence-corrected chi connectivity index (χ2v) is 3.94. The average molecular weight is 220 g/mol. The molecule has 0 aromatic heterocycles. The third-order valence-electron chi connectivity index (χ3n) is 2.45. The van der Waals surface area contributed by atoms with Crippen molar-refractivity contribution in [2.24, 2.45) is 0 Å². The van der Waals surface area contributed by atoms with Crippen LogP contribution in [0.2, 0.25) is 0 Å². The van der Waals surface area contributed by atoms with E-state index in [9.17, 15) is 9.59 Å². The van der Waals surface area contributed by atoms with Crippen molar-refractivity contribution in [3.8, 4) is 5.75 Å². The summed E-state index contributed by atoms with van der Waals surface area (Å²) in [5, 5.41) is 0. The molecule has 0 bridgehead atoms. The molecule has 0 fully saturated rings. The lowest BCUT2D eigenvalue weighted by molar-refractivity contribution is -0.116. The minimum Gasteiger partial charge on any atom is -0.496 e. The summed E-state index contributed by atoms with van der Waals surface area (Å²) in [7, 11) is 1.60. The molecule has 0 heterocycles. The van der Waals surface area contributed by atoms with E-state index in [0.717, 1.165) is 16.9 Å². The summed E-state index contributed by atoms with van der Waals surface area (Å²) >= 11 is 0. The molecule has 0 unspecified atom stereocenters. The summed E-state index contributed by atoms with van der Waals surface area (Å²) in [4.78, 5) is 22.7. The van der Waals surface area contributed by atoms with E-state index < -0.39 is 0 Å². The van der Waals surface area contributed by atoms with Gasteiger partial charge in [0.2, 0.25) is 0 Å². The zero-order valence-corrected chi connectivity index (χ0v) is 10.1. The minimum absolute atomic E-state index is 0.0351. The van der Waals surface area contributed by atoms with E-state index in [1.807, 2.05) is 19.9 Å². The van der Waals surface area contributed by atoms with E-state index in [4.69, 9.17) is 4.74 Å². The number of methoxy groups -OCH3 is 1. The number of rotatable bonds is 4. The van der Waals surface area contributed by atoms with Crippen molar-refractivity contribution in [2.75, 3.05) is 7.11 Å². The Morgan fingerprint density at radius 3 is 2.31 bits per heavy atom. The smallest absolute Gasteiger partial charge is 0.170 e. The maximum absolute atomic E-state index is 11.8. The van der Waals surface area contributed by atoms with Crippen LogP contribution in [0.3, 0.4) is 0 Å². The molecule has 1 aromatic carbocycles. The van der Waals surface area contributed by atoms with Gasteiger partial charge in [-0.2, -0.15) is 0 Å². The Balaban J connectivity index is 3.10. The summed E-state index contributed by atoms with van der Waals surface area (Å²) in [5.41, 5.74) is 2.35. The van der Waals surface area contributed by atoms with Crippen LogP contribution in [0.5, 0.6) is 5.75 Å². The predicted octanol–water partition coefficient (Wildman–Crippen LogP) is 2.47. The van der Waals surface area contributed by atoms with Gasteiger partial charge in [-0.25, -0.2) is 0 Å². The lowest BCUT2D eigenvalue weighted by Gasteiger charge is -2.09. The van der Waals surface area contributed by atoms with E-state index in [0.29, 0.717) is 5.56 Å². The summed E-state index contributed by atoms with van der Waals surface area (Å²) in [5.74, 6) is 0.519. The highest BCUT2D eigenvalue weighted by Crippen LogP contribution is 2.23. The van der Waals surface area contributed by atoms with Crippen LogP contribution in [0, 0.1) is 13.8 Å². The van der Waals surface area contributed by atoms with Crippen LogP contribution in [-0.4, -0.2) is 18.7 Å². The number of ether oxygens (including phenoxy) is 1. The monoisotopic (exact) mass is 220 g/mol. The van der Waals surface area contributed by atoms with Gasteiger partial charge in [0, 0.05) is 5.56 Å². The first kappa shape index (κ1) is 12.4. The molecule has 0 atom stereocenters. The van der Waals surface area contributed by atoms with E-state index in [1.165, 1.54) is 6.92 Å². The van der Waals surface area contributed by atoms with E-state index in [1.54, 1.807) is 13.2 Å². The van der Waals surface area contributed by atoms with Gasteiger partial charge in [-0.3, -0.25) is 9.59 Å². The van der Waals surface area contributed by atoms with Crippen molar-refractivity contribution < 1.29 is 14.3 Å². The quantitative estimate of drug-likeness (QED) is 0.578. The fourth-order valence-corrected chi connectivity index (χ4v) is 1.63. The first-order valence-corrected chi connectivity index (χ1v) is 5.13. The van der Waals surface area contributed by atoms with Gasteiger partial charge in [0.05, 0.1) is 13.5 Å². The summed E-state index contributed by atoms with van der Waals surface area (Å²) < 4.78 is 5.16. The number of aryl methyl sites for hydroxylation is 2.